The van der Waals surface area contributed by atoms with Crippen LogP contribution in [0.3, 0.4) is 0 Å². The van der Waals surface area contributed by atoms with Crippen molar-refractivity contribution in [3.8, 4) is 5.75 Å². The Bertz CT molecular complexity index is 1380. The maximum Gasteiger partial charge on any atom is 0.264 e. The Morgan fingerprint density at radius 1 is 0.925 bits per heavy atom. The van der Waals surface area contributed by atoms with Gasteiger partial charge in [0.25, 0.3) is 10.0 Å². The zero-order valence-corrected chi connectivity index (χ0v) is 24.0. The molecule has 8 nitrogen and oxygen atoms in total. The van der Waals surface area contributed by atoms with Gasteiger partial charge in [-0.15, -0.1) is 0 Å². The summed E-state index contributed by atoms with van der Waals surface area (Å²) in [6, 6.07) is 18.9. The number of nitrogens with zero attached hydrogens (tertiary/aromatic N) is 2. The molecule has 2 amide bonds. The Hall–Kier alpha value is -3.92. The van der Waals surface area contributed by atoms with E-state index in [1.165, 1.54) is 41.3 Å². The molecule has 214 valence electrons. The molecule has 0 bridgehead atoms. The molecule has 2 atom stereocenters. The highest BCUT2D eigenvalue weighted by atomic mass is 32.2. The number of amides is 2. The normalized spacial score (nSPS) is 12.7. The van der Waals surface area contributed by atoms with E-state index in [-0.39, 0.29) is 35.7 Å². The average molecular weight is 570 g/mol. The molecule has 0 aliphatic heterocycles. The molecule has 0 aliphatic rings. The fourth-order valence-corrected chi connectivity index (χ4v) is 5.45. The molecule has 0 saturated heterocycles. The average Bonchev–Trinajstić information content (AvgIpc) is 2.96. The quantitative estimate of drug-likeness (QED) is 0.321. The standard InChI is InChI=1S/C30H36FN3O5S/c1-5-22(3)32-30(36)23(4)33(20-24-16-18-25(31)19-17-24)29(35)21-34(27-14-10-11-15-28(27)39-6-2)40(37,38)26-12-8-7-9-13-26/h7-19,22-23H,5-6,20-21H2,1-4H3,(H,32,36)/t22-,23+/m0/s1. The Kier molecular flexibility index (Phi) is 10.7. The van der Waals surface area contributed by atoms with Crippen LogP contribution in [0, 0.1) is 5.82 Å². The van der Waals surface area contributed by atoms with Crippen molar-refractivity contribution in [1.29, 1.82) is 0 Å². The minimum Gasteiger partial charge on any atom is -0.492 e. The lowest BCUT2D eigenvalue weighted by molar-refractivity contribution is -0.139. The van der Waals surface area contributed by atoms with Gasteiger partial charge in [-0.05, 0) is 69.2 Å². The Morgan fingerprint density at radius 2 is 1.55 bits per heavy atom. The fraction of sp³-hybridized carbons (Fsp3) is 0.333. The van der Waals surface area contributed by atoms with Crippen molar-refractivity contribution in [1.82, 2.24) is 10.2 Å². The number of halogens is 1. The van der Waals surface area contributed by atoms with Crippen LogP contribution in [0.5, 0.6) is 5.75 Å². The van der Waals surface area contributed by atoms with E-state index >= 15 is 0 Å². The third-order valence-corrected chi connectivity index (χ3v) is 8.25. The first kappa shape index (κ1) is 30.6. The predicted molar refractivity (Wildman–Crippen MR) is 153 cm³/mol. The topological polar surface area (TPSA) is 96.0 Å². The lowest BCUT2D eigenvalue weighted by atomic mass is 10.1. The number of hydrogen-bond acceptors (Lipinski definition) is 5. The van der Waals surface area contributed by atoms with Gasteiger partial charge in [0, 0.05) is 12.6 Å². The van der Waals surface area contributed by atoms with Crippen molar-refractivity contribution < 1.29 is 27.1 Å². The van der Waals surface area contributed by atoms with Gasteiger partial charge >= 0.3 is 0 Å². The summed E-state index contributed by atoms with van der Waals surface area (Å²) in [5.74, 6) is -1.12. The van der Waals surface area contributed by atoms with Gasteiger partial charge in [0.15, 0.2) is 0 Å². The van der Waals surface area contributed by atoms with Crippen molar-refractivity contribution in [2.24, 2.45) is 0 Å². The molecule has 0 unspecified atom stereocenters. The predicted octanol–water partition coefficient (Wildman–Crippen LogP) is 4.75. The van der Waals surface area contributed by atoms with E-state index in [4.69, 9.17) is 4.74 Å². The van der Waals surface area contributed by atoms with Crippen LogP contribution in [0.15, 0.2) is 83.8 Å². The SMILES string of the molecule is CCOc1ccccc1N(CC(=O)N(Cc1ccc(F)cc1)[C@H](C)C(=O)N[C@@H](C)CC)S(=O)(=O)c1ccccc1. The fourth-order valence-electron chi connectivity index (χ4n) is 4.01. The van der Waals surface area contributed by atoms with Crippen LogP contribution in [-0.2, 0) is 26.2 Å². The highest BCUT2D eigenvalue weighted by molar-refractivity contribution is 7.92. The number of sulfonamides is 1. The van der Waals surface area contributed by atoms with Gasteiger partial charge in [-0.2, -0.15) is 0 Å². The Morgan fingerprint density at radius 3 is 2.17 bits per heavy atom. The highest BCUT2D eigenvalue weighted by Gasteiger charge is 2.34. The van der Waals surface area contributed by atoms with Crippen molar-refractivity contribution >= 4 is 27.5 Å². The molecule has 3 rings (SSSR count). The summed E-state index contributed by atoms with van der Waals surface area (Å²) >= 11 is 0. The molecular formula is C30H36FN3O5S. The number of carbonyl (C=O) groups is 2. The lowest BCUT2D eigenvalue weighted by Gasteiger charge is -2.32. The molecule has 0 spiro atoms. The van der Waals surface area contributed by atoms with Crippen molar-refractivity contribution in [3.05, 3.63) is 90.2 Å². The summed E-state index contributed by atoms with van der Waals surface area (Å²) in [7, 11) is -4.22. The van der Waals surface area contributed by atoms with Gasteiger partial charge in [0.05, 0.1) is 17.2 Å². The number of nitrogens with one attached hydrogen (secondary N) is 1. The van der Waals surface area contributed by atoms with E-state index in [9.17, 15) is 22.4 Å². The van der Waals surface area contributed by atoms with Crippen LogP contribution in [0.4, 0.5) is 10.1 Å². The van der Waals surface area contributed by atoms with Gasteiger partial charge in [-0.25, -0.2) is 12.8 Å². The van der Waals surface area contributed by atoms with Crippen LogP contribution in [0.1, 0.15) is 39.7 Å². The van der Waals surface area contributed by atoms with Crippen molar-refractivity contribution in [3.63, 3.8) is 0 Å². The Balaban J connectivity index is 2.06. The zero-order valence-electron chi connectivity index (χ0n) is 23.2. The molecular weight excluding hydrogens is 533 g/mol. The molecule has 3 aromatic rings. The number of benzene rings is 3. The molecule has 0 aliphatic carbocycles. The van der Waals surface area contributed by atoms with E-state index in [1.54, 1.807) is 56.3 Å². The number of hydrogen-bond donors (Lipinski definition) is 1. The molecule has 40 heavy (non-hydrogen) atoms. The minimum absolute atomic E-state index is 0.00162. The molecule has 0 radical (unpaired) electrons. The van der Waals surface area contributed by atoms with Crippen LogP contribution in [0.2, 0.25) is 0 Å². The molecule has 10 heteroatoms. The second-order valence-electron chi connectivity index (χ2n) is 9.37. The van der Waals surface area contributed by atoms with Crippen LogP contribution in [0.25, 0.3) is 0 Å². The van der Waals surface area contributed by atoms with Crippen LogP contribution >= 0.6 is 0 Å². The maximum absolute atomic E-state index is 14.0. The second-order valence-corrected chi connectivity index (χ2v) is 11.2. The summed E-state index contributed by atoms with van der Waals surface area (Å²) in [6.45, 7) is 6.82. The number of rotatable bonds is 13. The van der Waals surface area contributed by atoms with Gasteiger partial charge in [-0.1, -0.05) is 49.4 Å². The largest absolute Gasteiger partial charge is 0.492 e. The van der Waals surface area contributed by atoms with E-state index in [0.29, 0.717) is 17.7 Å². The van der Waals surface area contributed by atoms with E-state index in [1.807, 2.05) is 13.8 Å². The summed E-state index contributed by atoms with van der Waals surface area (Å²) in [6.07, 6.45) is 0.696. The van der Waals surface area contributed by atoms with Gasteiger partial charge < -0.3 is 15.0 Å². The maximum atomic E-state index is 14.0. The second kappa shape index (κ2) is 13.9. The van der Waals surface area contributed by atoms with E-state index in [0.717, 1.165) is 4.31 Å². The third-order valence-electron chi connectivity index (χ3n) is 6.48. The van der Waals surface area contributed by atoms with E-state index < -0.39 is 34.3 Å². The molecule has 0 aromatic heterocycles. The van der Waals surface area contributed by atoms with E-state index in [2.05, 4.69) is 5.32 Å². The zero-order chi connectivity index (χ0) is 29.3. The summed E-state index contributed by atoms with van der Waals surface area (Å²) in [5.41, 5.74) is 0.783. The first-order chi connectivity index (χ1) is 19.1. The molecule has 3 aromatic carbocycles. The third kappa shape index (κ3) is 7.59. The van der Waals surface area contributed by atoms with Gasteiger partial charge in [-0.3, -0.25) is 13.9 Å². The van der Waals surface area contributed by atoms with Gasteiger partial charge in [0.2, 0.25) is 11.8 Å². The number of ether oxygens (including phenoxy) is 1. The van der Waals surface area contributed by atoms with Crippen LogP contribution < -0.4 is 14.4 Å². The molecule has 0 heterocycles. The van der Waals surface area contributed by atoms with Crippen LogP contribution in [-0.4, -0.2) is 50.4 Å². The highest BCUT2D eigenvalue weighted by Crippen LogP contribution is 2.32. The van der Waals surface area contributed by atoms with Crippen molar-refractivity contribution in [2.75, 3.05) is 17.5 Å². The lowest BCUT2D eigenvalue weighted by Crippen LogP contribution is -2.52. The molecule has 0 saturated carbocycles. The number of para-hydroxylation sites is 2. The summed E-state index contributed by atoms with van der Waals surface area (Å²) < 4.78 is 48.1. The number of carbonyl (C=O) groups excluding carboxylic acids is 2. The minimum atomic E-state index is -4.22. The molecule has 0 fully saturated rings. The van der Waals surface area contributed by atoms with Gasteiger partial charge in [0.1, 0.15) is 24.2 Å². The summed E-state index contributed by atoms with van der Waals surface area (Å²) in [5, 5.41) is 2.88. The van der Waals surface area contributed by atoms with Crippen molar-refractivity contribution in [2.45, 2.75) is 57.6 Å². The first-order valence-corrected chi connectivity index (χ1v) is 14.7. The number of anilines is 1. The summed E-state index contributed by atoms with van der Waals surface area (Å²) in [4.78, 5) is 28.4. The smallest absolute Gasteiger partial charge is 0.264 e. The monoisotopic (exact) mass is 569 g/mol. The first-order valence-electron chi connectivity index (χ1n) is 13.2. The Labute approximate surface area is 235 Å². The molecule has 1 N–H and O–H groups in total.